The molecule has 2 aromatic rings. The fraction of sp³-hybridized carbons (Fsp3) is 0.429. The molecular weight excluding hydrogens is 310 g/mol. The molecule has 2 saturated heterocycles. The van der Waals surface area contributed by atoms with Gasteiger partial charge in [0.05, 0.1) is 0 Å². The first-order valence-corrected chi connectivity index (χ1v) is 9.14. The number of likely N-dealkylation sites (N-methyl/N-ethyl adjacent to an activating group) is 1. The largest absolute Gasteiger partial charge is 0.367 e. The summed E-state index contributed by atoms with van der Waals surface area (Å²) in [5, 5.41) is 3.09. The van der Waals surface area contributed by atoms with Crippen molar-refractivity contribution < 1.29 is 0 Å². The molecule has 4 rings (SSSR count). The molecule has 0 radical (unpaired) electrons. The summed E-state index contributed by atoms with van der Waals surface area (Å²) in [5.74, 6) is 0.825. The van der Waals surface area contributed by atoms with Crippen LogP contribution >= 0.6 is 0 Å². The average Bonchev–Trinajstić information content (AvgIpc) is 3.20. The fourth-order valence-corrected chi connectivity index (χ4v) is 4.35. The van der Waals surface area contributed by atoms with Gasteiger partial charge in [-0.15, -0.1) is 0 Å². The lowest BCUT2D eigenvalue weighted by Gasteiger charge is -2.26. The summed E-state index contributed by atoms with van der Waals surface area (Å²) in [7, 11) is 2.23. The third-order valence-corrected chi connectivity index (χ3v) is 5.81. The molecule has 25 heavy (non-hydrogen) atoms. The molecule has 0 amide bonds. The Morgan fingerprint density at radius 1 is 1.00 bits per heavy atom. The highest BCUT2D eigenvalue weighted by atomic mass is 16.3. The van der Waals surface area contributed by atoms with Gasteiger partial charge in [-0.05, 0) is 55.1 Å². The first-order chi connectivity index (χ1) is 12.2. The number of fused-ring (bicyclic) bond motifs is 1. The molecule has 0 aliphatic carbocycles. The topological polar surface area (TPSA) is 35.9 Å². The van der Waals surface area contributed by atoms with Gasteiger partial charge in [-0.3, -0.25) is 0 Å². The van der Waals surface area contributed by atoms with Crippen molar-refractivity contribution in [3.8, 4) is 11.1 Å². The van der Waals surface area contributed by atoms with Gasteiger partial charge in [0.2, 0.25) is 0 Å². The van der Waals surface area contributed by atoms with Crippen LogP contribution in [0.5, 0.6) is 0 Å². The van der Waals surface area contributed by atoms with Crippen molar-refractivity contribution in [2.24, 2.45) is 11.1 Å². The molecule has 0 N–H and O–H groups in total. The predicted octanol–water partition coefficient (Wildman–Crippen LogP) is 4.32. The third kappa shape index (κ3) is 3.07. The average molecular weight is 335 g/mol. The van der Waals surface area contributed by atoms with E-state index >= 15 is 0 Å². The molecule has 0 spiro atoms. The van der Waals surface area contributed by atoms with Crippen LogP contribution in [0, 0.1) is 10.8 Å². The van der Waals surface area contributed by atoms with Crippen LogP contribution in [0.4, 0.5) is 5.69 Å². The molecule has 4 nitrogen and oxygen atoms in total. The molecule has 0 saturated carbocycles. The van der Waals surface area contributed by atoms with E-state index in [0.29, 0.717) is 6.04 Å². The van der Waals surface area contributed by atoms with Crippen molar-refractivity contribution in [1.82, 2.24) is 4.90 Å². The van der Waals surface area contributed by atoms with E-state index in [1.165, 1.54) is 42.9 Å². The minimum atomic E-state index is -0.288. The summed E-state index contributed by atoms with van der Waals surface area (Å²) < 4.78 is 0. The molecule has 2 fully saturated rings. The molecule has 2 aliphatic rings. The smallest absolute Gasteiger partial charge is 0.114 e. The van der Waals surface area contributed by atoms with E-state index < -0.39 is 0 Å². The Kier molecular flexibility index (Phi) is 4.30. The van der Waals surface area contributed by atoms with E-state index in [4.69, 9.17) is 0 Å². The van der Waals surface area contributed by atoms with Crippen LogP contribution in [-0.2, 0) is 0 Å². The first kappa shape index (κ1) is 16.3. The van der Waals surface area contributed by atoms with Gasteiger partial charge < -0.3 is 9.80 Å². The second kappa shape index (κ2) is 6.60. The van der Waals surface area contributed by atoms with Crippen molar-refractivity contribution in [3.63, 3.8) is 0 Å². The molecule has 2 aliphatic heterocycles. The Morgan fingerprint density at radius 3 is 2.28 bits per heavy atom. The summed E-state index contributed by atoms with van der Waals surface area (Å²) in [6, 6.07) is 17.4. The SMILES string of the molecule is CC(N=O)c1ccc(-c2ccc(N3CC[C@@H]4CN(C)C[C@@H]43)cc2)cc1. The number of benzene rings is 2. The van der Waals surface area contributed by atoms with Gasteiger partial charge >= 0.3 is 0 Å². The molecule has 130 valence electrons. The Balaban J connectivity index is 1.51. The van der Waals surface area contributed by atoms with Crippen LogP contribution in [0.15, 0.2) is 53.7 Å². The predicted molar refractivity (Wildman–Crippen MR) is 103 cm³/mol. The second-order valence-electron chi connectivity index (χ2n) is 7.48. The van der Waals surface area contributed by atoms with Crippen molar-refractivity contribution in [1.29, 1.82) is 0 Å². The lowest BCUT2D eigenvalue weighted by molar-refractivity contribution is 0.386. The molecule has 0 aromatic heterocycles. The number of hydrogen-bond donors (Lipinski definition) is 0. The van der Waals surface area contributed by atoms with Gasteiger partial charge in [0.15, 0.2) is 0 Å². The zero-order valence-electron chi connectivity index (χ0n) is 14.9. The summed E-state index contributed by atoms with van der Waals surface area (Å²) in [4.78, 5) is 15.7. The highest BCUT2D eigenvalue weighted by Gasteiger charge is 2.39. The molecule has 0 bridgehead atoms. The van der Waals surface area contributed by atoms with Crippen LogP contribution in [-0.4, -0.2) is 37.6 Å². The Labute approximate surface area is 149 Å². The molecule has 4 heteroatoms. The fourth-order valence-electron chi connectivity index (χ4n) is 4.35. The standard InChI is InChI=1S/C21H25N3O/c1-15(22-25)16-3-5-17(6-4-16)18-7-9-20(10-8-18)24-12-11-19-13-23(2)14-21(19)24/h3-10,15,19,21H,11-14H2,1-2H3/t15?,19-,21+/m1/s1. The molecule has 3 atom stereocenters. The van der Waals surface area contributed by atoms with Gasteiger partial charge in [0.25, 0.3) is 0 Å². The zero-order valence-corrected chi connectivity index (χ0v) is 14.9. The maximum Gasteiger partial charge on any atom is 0.114 e. The number of nitroso groups, excluding NO2 is 1. The van der Waals surface area contributed by atoms with Crippen LogP contribution in [0.1, 0.15) is 24.9 Å². The quantitative estimate of drug-likeness (QED) is 0.781. The molecular formula is C21H25N3O. The number of nitrogens with zero attached hydrogens (tertiary/aromatic N) is 3. The highest BCUT2D eigenvalue weighted by Crippen LogP contribution is 2.35. The van der Waals surface area contributed by atoms with Gasteiger partial charge in [-0.25, -0.2) is 0 Å². The summed E-state index contributed by atoms with van der Waals surface area (Å²) in [6.45, 7) is 5.41. The number of hydrogen-bond acceptors (Lipinski definition) is 4. The van der Waals surface area contributed by atoms with E-state index in [1.807, 2.05) is 19.1 Å². The van der Waals surface area contributed by atoms with Gasteiger partial charge in [0, 0.05) is 31.4 Å². The Morgan fingerprint density at radius 2 is 1.64 bits per heavy atom. The lowest BCUT2D eigenvalue weighted by Crippen LogP contribution is -2.34. The van der Waals surface area contributed by atoms with Crippen LogP contribution in [0.25, 0.3) is 11.1 Å². The van der Waals surface area contributed by atoms with Crippen LogP contribution < -0.4 is 4.90 Å². The van der Waals surface area contributed by atoms with Crippen molar-refractivity contribution in [2.75, 3.05) is 31.6 Å². The normalized spacial score (nSPS) is 24.3. The third-order valence-electron chi connectivity index (χ3n) is 5.81. The minimum Gasteiger partial charge on any atom is -0.367 e. The maximum atomic E-state index is 10.7. The van der Waals surface area contributed by atoms with Gasteiger partial charge in [-0.1, -0.05) is 41.6 Å². The molecule has 2 aromatic carbocycles. The highest BCUT2D eigenvalue weighted by molar-refractivity contribution is 5.67. The number of likely N-dealkylation sites (tertiary alicyclic amines) is 1. The van der Waals surface area contributed by atoms with E-state index in [-0.39, 0.29) is 6.04 Å². The van der Waals surface area contributed by atoms with Gasteiger partial charge in [-0.2, -0.15) is 4.91 Å². The summed E-state index contributed by atoms with van der Waals surface area (Å²) in [6.07, 6.45) is 1.31. The van der Waals surface area contributed by atoms with Crippen molar-refractivity contribution in [2.45, 2.75) is 25.4 Å². The first-order valence-electron chi connectivity index (χ1n) is 9.14. The second-order valence-corrected chi connectivity index (χ2v) is 7.48. The Hall–Kier alpha value is -2.20. The maximum absolute atomic E-state index is 10.7. The monoisotopic (exact) mass is 335 g/mol. The van der Waals surface area contributed by atoms with Gasteiger partial charge in [0.1, 0.15) is 6.04 Å². The van der Waals surface area contributed by atoms with E-state index in [1.54, 1.807) is 0 Å². The summed E-state index contributed by atoms with van der Waals surface area (Å²) >= 11 is 0. The minimum absolute atomic E-state index is 0.288. The molecule has 1 unspecified atom stereocenters. The zero-order chi connectivity index (χ0) is 17.4. The van der Waals surface area contributed by atoms with Crippen molar-refractivity contribution >= 4 is 5.69 Å². The number of rotatable bonds is 4. The lowest BCUT2D eigenvalue weighted by atomic mass is 10.0. The van der Waals surface area contributed by atoms with Crippen LogP contribution in [0.3, 0.4) is 0 Å². The van der Waals surface area contributed by atoms with E-state index in [9.17, 15) is 4.91 Å². The number of anilines is 1. The summed E-state index contributed by atoms with van der Waals surface area (Å²) in [5.41, 5.74) is 4.68. The van der Waals surface area contributed by atoms with Crippen LogP contribution in [0.2, 0.25) is 0 Å². The Bertz CT molecular complexity index is 741. The van der Waals surface area contributed by atoms with E-state index in [2.05, 4.69) is 58.4 Å². The van der Waals surface area contributed by atoms with E-state index in [0.717, 1.165) is 11.5 Å². The van der Waals surface area contributed by atoms with Crippen molar-refractivity contribution in [3.05, 3.63) is 59.0 Å². The molecule has 2 heterocycles.